The molecule has 0 aromatic carbocycles. The van der Waals surface area contributed by atoms with Crippen LogP contribution in [0.15, 0.2) is 11.6 Å². The Morgan fingerprint density at radius 1 is 1.38 bits per heavy atom. The van der Waals surface area contributed by atoms with Crippen molar-refractivity contribution >= 4 is 28.5 Å². The molecule has 8 nitrogen and oxygen atoms in total. The predicted octanol–water partition coefficient (Wildman–Crippen LogP) is -0.190. The van der Waals surface area contributed by atoms with Crippen LogP contribution in [0.5, 0.6) is 0 Å². The fraction of sp³-hybridized carbons (Fsp3) is 0.583. The van der Waals surface area contributed by atoms with Gasteiger partial charge in [0.2, 0.25) is 0 Å². The number of aliphatic hydroxyl groups is 1. The third-order valence-electron chi connectivity index (χ3n) is 3.24. The van der Waals surface area contributed by atoms with Crippen molar-refractivity contribution in [3.8, 4) is 0 Å². The number of aromatic nitrogens is 1. The van der Waals surface area contributed by atoms with E-state index in [1.165, 1.54) is 0 Å². The molecule has 2 amide bonds. The fourth-order valence-electron chi connectivity index (χ4n) is 2.02. The van der Waals surface area contributed by atoms with Crippen molar-refractivity contribution in [3.63, 3.8) is 0 Å². The van der Waals surface area contributed by atoms with Crippen molar-refractivity contribution in [1.82, 2.24) is 15.2 Å². The first-order valence-electron chi connectivity index (χ1n) is 6.66. The van der Waals surface area contributed by atoms with Crippen molar-refractivity contribution in [2.45, 2.75) is 12.5 Å². The third-order valence-corrected chi connectivity index (χ3v) is 4.07. The minimum atomic E-state index is -1.44. The minimum absolute atomic E-state index is 0.000152. The lowest BCUT2D eigenvalue weighted by Crippen LogP contribution is -2.52. The summed E-state index contributed by atoms with van der Waals surface area (Å²) in [4.78, 5) is 30.4. The Bertz CT molecular complexity index is 474. The van der Waals surface area contributed by atoms with E-state index in [-0.39, 0.29) is 19.0 Å². The average Bonchev–Trinajstić information content (AvgIpc) is 3.01. The fourth-order valence-corrected chi connectivity index (χ4v) is 2.72. The number of aliphatic carboxylic acids is 1. The molecule has 0 aliphatic carbocycles. The highest BCUT2D eigenvalue weighted by atomic mass is 32.1. The molecular weight excluding hydrogens is 296 g/mol. The molecule has 0 radical (unpaired) electrons. The molecule has 21 heavy (non-hydrogen) atoms. The third kappa shape index (κ3) is 4.30. The summed E-state index contributed by atoms with van der Waals surface area (Å²) in [7, 11) is 0. The van der Waals surface area contributed by atoms with E-state index in [2.05, 4.69) is 15.2 Å². The number of hydrogen-bond acceptors (Lipinski definition) is 6. The van der Waals surface area contributed by atoms with Crippen LogP contribution in [0.3, 0.4) is 0 Å². The van der Waals surface area contributed by atoms with Gasteiger partial charge in [0.1, 0.15) is 0 Å². The Labute approximate surface area is 126 Å². The van der Waals surface area contributed by atoms with Crippen LogP contribution < -0.4 is 10.2 Å². The van der Waals surface area contributed by atoms with E-state index in [1.54, 1.807) is 22.4 Å². The van der Waals surface area contributed by atoms with E-state index in [0.717, 1.165) is 18.2 Å². The summed E-state index contributed by atoms with van der Waals surface area (Å²) >= 11 is 1.57. The number of nitrogens with one attached hydrogen (secondary N) is 1. The van der Waals surface area contributed by atoms with Crippen LogP contribution in [0.2, 0.25) is 0 Å². The molecule has 0 bridgehead atoms. The summed E-state index contributed by atoms with van der Waals surface area (Å²) in [6.45, 7) is 2.76. The van der Waals surface area contributed by atoms with Gasteiger partial charge in [-0.2, -0.15) is 0 Å². The van der Waals surface area contributed by atoms with Crippen molar-refractivity contribution in [2.75, 3.05) is 37.6 Å². The van der Waals surface area contributed by atoms with Crippen molar-refractivity contribution in [1.29, 1.82) is 0 Å². The first-order valence-corrected chi connectivity index (χ1v) is 7.54. The lowest BCUT2D eigenvalue weighted by Gasteiger charge is -2.34. The zero-order valence-corrected chi connectivity index (χ0v) is 12.3. The van der Waals surface area contributed by atoms with Gasteiger partial charge in [0, 0.05) is 50.7 Å². The van der Waals surface area contributed by atoms with Gasteiger partial charge >= 0.3 is 12.0 Å². The number of aliphatic hydroxyl groups excluding tert-OH is 1. The SMILES string of the molecule is O=C(O)[C@@H](O)CCNC(=O)N1CCN(c2nccs2)CC1. The van der Waals surface area contributed by atoms with Gasteiger partial charge in [-0.15, -0.1) is 11.3 Å². The van der Waals surface area contributed by atoms with Gasteiger partial charge in [-0.25, -0.2) is 14.6 Å². The predicted molar refractivity (Wildman–Crippen MR) is 77.6 cm³/mol. The number of nitrogens with zero attached hydrogens (tertiary/aromatic N) is 3. The van der Waals surface area contributed by atoms with Crippen LogP contribution in [0.1, 0.15) is 6.42 Å². The molecule has 0 saturated carbocycles. The zero-order valence-electron chi connectivity index (χ0n) is 11.4. The molecule has 1 fully saturated rings. The molecule has 3 N–H and O–H groups in total. The molecule has 2 heterocycles. The van der Waals surface area contributed by atoms with Gasteiger partial charge in [-0.05, 0) is 0 Å². The molecule has 2 rings (SSSR count). The highest BCUT2D eigenvalue weighted by molar-refractivity contribution is 7.13. The number of carboxylic acid groups (broad SMARTS) is 1. The Balaban J connectivity index is 1.69. The second kappa shape index (κ2) is 7.23. The van der Waals surface area contributed by atoms with E-state index in [4.69, 9.17) is 10.2 Å². The standard InChI is InChI=1S/C12H18N4O4S/c17-9(10(18)19)1-2-13-11(20)15-4-6-16(7-5-15)12-14-3-8-21-12/h3,8-9,17H,1-2,4-7H2,(H,13,20)(H,18,19)/t9-/m0/s1. The molecule has 116 valence electrons. The number of anilines is 1. The molecule has 1 saturated heterocycles. The van der Waals surface area contributed by atoms with Gasteiger partial charge in [-0.3, -0.25) is 0 Å². The Kier molecular flexibility index (Phi) is 5.34. The summed E-state index contributed by atoms with van der Waals surface area (Å²) in [6, 6.07) is -0.230. The Hall–Kier alpha value is -1.87. The van der Waals surface area contributed by atoms with E-state index in [0.29, 0.717) is 13.1 Å². The van der Waals surface area contributed by atoms with Crippen LogP contribution in [-0.2, 0) is 4.79 Å². The number of piperazine rings is 1. The normalized spacial score (nSPS) is 16.6. The molecule has 1 aliphatic rings. The van der Waals surface area contributed by atoms with Gasteiger partial charge in [0.25, 0.3) is 0 Å². The number of carbonyl (C=O) groups is 2. The number of amides is 2. The molecule has 1 aliphatic heterocycles. The first-order chi connectivity index (χ1) is 10.1. The maximum atomic E-state index is 11.9. The van der Waals surface area contributed by atoms with Crippen molar-refractivity contribution in [3.05, 3.63) is 11.6 Å². The van der Waals surface area contributed by atoms with E-state index in [1.807, 2.05) is 5.38 Å². The molecule has 0 unspecified atom stereocenters. The summed E-state index contributed by atoms with van der Waals surface area (Å²) in [6.07, 6.45) is 0.319. The largest absolute Gasteiger partial charge is 0.479 e. The number of carbonyl (C=O) groups excluding carboxylic acids is 1. The van der Waals surface area contributed by atoms with Crippen LogP contribution in [0, 0.1) is 0 Å². The number of thiazole rings is 1. The van der Waals surface area contributed by atoms with E-state index < -0.39 is 12.1 Å². The van der Waals surface area contributed by atoms with E-state index >= 15 is 0 Å². The molecular formula is C12H18N4O4S. The summed E-state index contributed by atoms with van der Waals surface area (Å²) in [5, 5.41) is 23.1. The molecule has 1 aromatic rings. The molecule has 0 spiro atoms. The molecule has 9 heteroatoms. The van der Waals surface area contributed by atoms with Gasteiger partial charge in [-0.1, -0.05) is 0 Å². The lowest BCUT2D eigenvalue weighted by atomic mass is 10.2. The monoisotopic (exact) mass is 314 g/mol. The van der Waals surface area contributed by atoms with Crippen LogP contribution >= 0.6 is 11.3 Å². The van der Waals surface area contributed by atoms with Crippen LogP contribution in [0.4, 0.5) is 9.93 Å². The second-order valence-electron chi connectivity index (χ2n) is 4.66. The quantitative estimate of drug-likeness (QED) is 0.695. The number of carboxylic acids is 1. The topological polar surface area (TPSA) is 106 Å². The number of hydrogen-bond donors (Lipinski definition) is 3. The van der Waals surface area contributed by atoms with E-state index in [9.17, 15) is 9.59 Å². The number of urea groups is 1. The summed E-state index contributed by atoms with van der Waals surface area (Å²) < 4.78 is 0. The Morgan fingerprint density at radius 2 is 2.10 bits per heavy atom. The summed E-state index contributed by atoms with van der Waals surface area (Å²) in [5.74, 6) is -1.28. The molecule has 1 atom stereocenters. The first kappa shape index (κ1) is 15.5. The average molecular weight is 314 g/mol. The molecule has 1 aromatic heterocycles. The highest BCUT2D eigenvalue weighted by Gasteiger charge is 2.22. The van der Waals surface area contributed by atoms with Crippen LogP contribution in [0.25, 0.3) is 0 Å². The van der Waals surface area contributed by atoms with Crippen LogP contribution in [-0.4, -0.2) is 70.9 Å². The van der Waals surface area contributed by atoms with Crippen molar-refractivity contribution < 1.29 is 19.8 Å². The van der Waals surface area contributed by atoms with Gasteiger partial charge < -0.3 is 25.3 Å². The highest BCUT2D eigenvalue weighted by Crippen LogP contribution is 2.18. The van der Waals surface area contributed by atoms with Gasteiger partial charge in [0.15, 0.2) is 11.2 Å². The van der Waals surface area contributed by atoms with Gasteiger partial charge in [0.05, 0.1) is 0 Å². The smallest absolute Gasteiger partial charge is 0.332 e. The number of rotatable bonds is 5. The maximum Gasteiger partial charge on any atom is 0.332 e. The Morgan fingerprint density at radius 3 is 2.67 bits per heavy atom. The lowest BCUT2D eigenvalue weighted by molar-refractivity contribution is -0.146. The summed E-state index contributed by atoms with van der Waals surface area (Å²) in [5.41, 5.74) is 0. The minimum Gasteiger partial charge on any atom is -0.479 e. The second-order valence-corrected chi connectivity index (χ2v) is 5.54. The van der Waals surface area contributed by atoms with Crippen molar-refractivity contribution in [2.24, 2.45) is 0 Å². The maximum absolute atomic E-state index is 11.9. The zero-order chi connectivity index (χ0) is 15.2.